The molecule has 13 heavy (non-hydrogen) atoms. The van der Waals surface area contributed by atoms with Crippen molar-refractivity contribution in [1.82, 2.24) is 5.32 Å². The molecule has 5 heteroatoms. The average Bonchev–Trinajstić information content (AvgIpc) is 2.00. The fourth-order valence-electron chi connectivity index (χ4n) is 0.661. The summed E-state index contributed by atoms with van der Waals surface area (Å²) in [6.45, 7) is 4.66. The van der Waals surface area contributed by atoms with Gasteiger partial charge in [0.05, 0.1) is 13.2 Å². The van der Waals surface area contributed by atoms with Crippen molar-refractivity contribution in [3.05, 3.63) is 0 Å². The molecule has 0 fully saturated rings. The molecule has 0 radical (unpaired) electrons. The molecule has 0 rings (SSSR count). The minimum Gasteiger partial charge on any atom is -0.465 e. The second kappa shape index (κ2) is 6.82. The number of nitrogens with two attached hydrogens (primary N) is 2. The van der Waals surface area contributed by atoms with Gasteiger partial charge in [0.1, 0.15) is 6.29 Å². The Morgan fingerprint density at radius 3 is 2.54 bits per heavy atom. The zero-order valence-electron chi connectivity index (χ0n) is 8.25. The molecular formula is C8H19N3O2. The highest BCUT2D eigenvalue weighted by Gasteiger charge is 2.03. The number of rotatable bonds is 6. The Balaban J connectivity index is 3.30. The van der Waals surface area contributed by atoms with Gasteiger partial charge < -0.3 is 16.2 Å². The van der Waals surface area contributed by atoms with Gasteiger partial charge in [-0.3, -0.25) is 10.1 Å². The quantitative estimate of drug-likeness (QED) is 0.382. The number of ether oxygens (including phenoxy) is 1. The van der Waals surface area contributed by atoms with Gasteiger partial charge in [-0.2, -0.15) is 0 Å². The van der Waals surface area contributed by atoms with Crippen molar-refractivity contribution in [2.45, 2.75) is 26.6 Å². The Hall–Kier alpha value is -0.650. The van der Waals surface area contributed by atoms with E-state index in [1.165, 1.54) is 0 Å². The fourth-order valence-corrected chi connectivity index (χ4v) is 0.661. The summed E-state index contributed by atoms with van der Waals surface area (Å²) in [5.41, 5.74) is 10.4. The molecule has 0 aliphatic carbocycles. The van der Waals surface area contributed by atoms with Gasteiger partial charge >= 0.3 is 5.97 Å². The molecule has 0 amide bonds. The lowest BCUT2D eigenvalue weighted by Crippen LogP contribution is -2.47. The molecule has 5 N–H and O–H groups in total. The average molecular weight is 189 g/mol. The van der Waals surface area contributed by atoms with E-state index in [1.54, 1.807) is 0 Å². The van der Waals surface area contributed by atoms with E-state index in [4.69, 9.17) is 16.2 Å². The first-order valence-electron chi connectivity index (χ1n) is 4.42. The number of nitrogens with one attached hydrogen (secondary N) is 1. The Bertz CT molecular complexity index is 148. The van der Waals surface area contributed by atoms with Crippen LogP contribution in [0.4, 0.5) is 0 Å². The number of carbonyl (C=O) groups is 1. The molecule has 0 bridgehead atoms. The Kier molecular flexibility index (Phi) is 6.48. The normalized spacial score (nSPS) is 10.9. The first-order valence-corrected chi connectivity index (χ1v) is 4.42. The highest BCUT2D eigenvalue weighted by atomic mass is 16.5. The van der Waals surface area contributed by atoms with Crippen LogP contribution in [0.25, 0.3) is 0 Å². The molecular weight excluding hydrogens is 170 g/mol. The summed E-state index contributed by atoms with van der Waals surface area (Å²) >= 11 is 0. The molecule has 0 aliphatic heterocycles. The predicted octanol–water partition coefficient (Wildman–Crippen LogP) is -0.634. The third-order valence-electron chi connectivity index (χ3n) is 1.44. The lowest BCUT2D eigenvalue weighted by atomic mass is 10.1. The van der Waals surface area contributed by atoms with Crippen molar-refractivity contribution < 1.29 is 9.53 Å². The van der Waals surface area contributed by atoms with Crippen LogP contribution in [0.1, 0.15) is 20.3 Å². The van der Waals surface area contributed by atoms with E-state index < -0.39 is 6.29 Å². The van der Waals surface area contributed by atoms with E-state index in [9.17, 15) is 4.79 Å². The van der Waals surface area contributed by atoms with Gasteiger partial charge in [-0.05, 0) is 12.3 Å². The van der Waals surface area contributed by atoms with Gasteiger partial charge in [0.2, 0.25) is 0 Å². The lowest BCUT2D eigenvalue weighted by molar-refractivity contribution is -0.143. The number of hydrogen-bond acceptors (Lipinski definition) is 5. The van der Waals surface area contributed by atoms with Gasteiger partial charge in [-0.15, -0.1) is 0 Å². The van der Waals surface area contributed by atoms with Crippen LogP contribution in [-0.2, 0) is 9.53 Å². The standard InChI is InChI=1S/C8H19N3O2/c1-6(2)3-4-13-7(12)5-11-8(9)10/h6,8,11H,3-5,9-10H2,1-2H3. The summed E-state index contributed by atoms with van der Waals surface area (Å²) < 4.78 is 4.89. The fraction of sp³-hybridized carbons (Fsp3) is 0.875. The smallest absolute Gasteiger partial charge is 0.320 e. The van der Waals surface area contributed by atoms with Gasteiger partial charge in [-0.1, -0.05) is 13.8 Å². The van der Waals surface area contributed by atoms with E-state index >= 15 is 0 Å². The van der Waals surface area contributed by atoms with E-state index in [0.717, 1.165) is 6.42 Å². The monoisotopic (exact) mass is 189 g/mol. The van der Waals surface area contributed by atoms with Crippen LogP contribution >= 0.6 is 0 Å². The van der Waals surface area contributed by atoms with E-state index in [1.807, 2.05) is 0 Å². The maximum Gasteiger partial charge on any atom is 0.320 e. The maximum absolute atomic E-state index is 10.9. The Labute approximate surface area is 78.8 Å². The molecule has 0 aliphatic rings. The van der Waals surface area contributed by atoms with Crippen molar-refractivity contribution in [3.8, 4) is 0 Å². The second-order valence-corrected chi connectivity index (χ2v) is 3.31. The highest BCUT2D eigenvalue weighted by molar-refractivity contribution is 5.71. The summed E-state index contributed by atoms with van der Waals surface area (Å²) in [4.78, 5) is 10.9. The SMILES string of the molecule is CC(C)CCOC(=O)CNC(N)N. The summed E-state index contributed by atoms with van der Waals surface area (Å²) in [6.07, 6.45) is 0.207. The van der Waals surface area contributed by atoms with Crippen LogP contribution in [0.3, 0.4) is 0 Å². The summed E-state index contributed by atoms with van der Waals surface area (Å²) in [5, 5.41) is 2.56. The van der Waals surface area contributed by atoms with Gasteiger partial charge in [0.15, 0.2) is 0 Å². The second-order valence-electron chi connectivity index (χ2n) is 3.31. The molecule has 5 nitrogen and oxygen atoms in total. The zero-order chi connectivity index (χ0) is 10.3. The minimum absolute atomic E-state index is 0.0652. The van der Waals surface area contributed by atoms with Crippen LogP contribution in [0, 0.1) is 5.92 Å². The van der Waals surface area contributed by atoms with Gasteiger partial charge in [0, 0.05) is 0 Å². The molecule has 0 unspecified atom stereocenters. The van der Waals surface area contributed by atoms with Crippen molar-refractivity contribution in [3.63, 3.8) is 0 Å². The molecule has 0 saturated carbocycles. The van der Waals surface area contributed by atoms with E-state index in [0.29, 0.717) is 12.5 Å². The summed E-state index contributed by atoms with van der Waals surface area (Å²) in [7, 11) is 0. The van der Waals surface area contributed by atoms with Gasteiger partial charge in [0.25, 0.3) is 0 Å². The van der Waals surface area contributed by atoms with Gasteiger partial charge in [-0.25, -0.2) is 0 Å². The van der Waals surface area contributed by atoms with Crippen molar-refractivity contribution in [2.24, 2.45) is 17.4 Å². The Morgan fingerprint density at radius 1 is 1.46 bits per heavy atom. The largest absolute Gasteiger partial charge is 0.465 e. The van der Waals surface area contributed by atoms with Crippen LogP contribution in [0.15, 0.2) is 0 Å². The molecule has 0 atom stereocenters. The Morgan fingerprint density at radius 2 is 2.08 bits per heavy atom. The molecule has 0 saturated heterocycles. The molecule has 0 heterocycles. The number of hydrogen-bond donors (Lipinski definition) is 3. The number of carbonyl (C=O) groups excluding carboxylic acids is 1. The van der Waals surface area contributed by atoms with Crippen LogP contribution in [0.5, 0.6) is 0 Å². The lowest BCUT2D eigenvalue weighted by Gasteiger charge is -2.09. The van der Waals surface area contributed by atoms with E-state index in [2.05, 4.69) is 19.2 Å². The maximum atomic E-state index is 10.9. The predicted molar refractivity (Wildman–Crippen MR) is 50.6 cm³/mol. The molecule has 78 valence electrons. The van der Waals surface area contributed by atoms with Crippen LogP contribution in [-0.4, -0.2) is 25.4 Å². The van der Waals surface area contributed by atoms with Crippen molar-refractivity contribution in [2.75, 3.05) is 13.2 Å². The molecule has 0 aromatic heterocycles. The summed E-state index contributed by atoms with van der Waals surface area (Å²) in [6, 6.07) is 0. The molecule has 0 aromatic rings. The highest BCUT2D eigenvalue weighted by Crippen LogP contribution is 1.98. The molecule has 0 aromatic carbocycles. The third kappa shape index (κ3) is 9.26. The minimum atomic E-state index is -0.669. The third-order valence-corrected chi connectivity index (χ3v) is 1.44. The van der Waals surface area contributed by atoms with E-state index in [-0.39, 0.29) is 12.5 Å². The van der Waals surface area contributed by atoms with Crippen LogP contribution in [0.2, 0.25) is 0 Å². The van der Waals surface area contributed by atoms with Crippen LogP contribution < -0.4 is 16.8 Å². The summed E-state index contributed by atoms with van der Waals surface area (Å²) in [5.74, 6) is 0.221. The first kappa shape index (κ1) is 12.3. The van der Waals surface area contributed by atoms with Crippen molar-refractivity contribution >= 4 is 5.97 Å². The zero-order valence-corrected chi connectivity index (χ0v) is 8.25. The topological polar surface area (TPSA) is 90.4 Å². The number of esters is 1. The molecule has 0 spiro atoms. The first-order chi connectivity index (χ1) is 6.02. The van der Waals surface area contributed by atoms with Crippen molar-refractivity contribution in [1.29, 1.82) is 0 Å².